The van der Waals surface area contributed by atoms with E-state index in [2.05, 4.69) is 0 Å². The van der Waals surface area contributed by atoms with Gasteiger partial charge in [-0.3, -0.25) is 19.1 Å². The van der Waals surface area contributed by atoms with Crippen molar-refractivity contribution in [2.75, 3.05) is 7.11 Å². The van der Waals surface area contributed by atoms with Gasteiger partial charge < -0.3 is 44.7 Å². The number of nitrogens with one attached hydrogen (secondary N) is 1. The highest BCUT2D eigenvalue weighted by Crippen LogP contribution is 2.34. The lowest BCUT2D eigenvalue weighted by Crippen LogP contribution is -2.53. The SMILES string of the molecule is CO[C@@H]1C(C(O[C@H]2OC(C(=O)OC3CCCCC3)=C[C@H](O)[C@@H]2O)C(N)=O)O[C@@H](n2ccc(=O)[nH]c2=O)[C@@H]1O. The smallest absolute Gasteiger partial charge is 0.373 e. The fourth-order valence-electron chi connectivity index (χ4n) is 4.77. The number of ether oxygens (including phenoxy) is 5. The van der Waals surface area contributed by atoms with Gasteiger partial charge in [0.25, 0.3) is 5.56 Å². The molecule has 1 saturated heterocycles. The summed E-state index contributed by atoms with van der Waals surface area (Å²) in [5.41, 5.74) is 3.95. The molecule has 3 aliphatic rings. The largest absolute Gasteiger partial charge is 0.457 e. The molecular formula is C23H31N3O12. The lowest BCUT2D eigenvalue weighted by Gasteiger charge is -2.35. The highest BCUT2D eigenvalue weighted by molar-refractivity contribution is 5.86. The fourth-order valence-corrected chi connectivity index (χ4v) is 4.77. The Morgan fingerprint density at radius 1 is 1.16 bits per heavy atom. The van der Waals surface area contributed by atoms with Crippen molar-refractivity contribution in [3.8, 4) is 0 Å². The van der Waals surface area contributed by atoms with Gasteiger partial charge in [-0.1, -0.05) is 6.42 Å². The van der Waals surface area contributed by atoms with E-state index in [9.17, 15) is 34.5 Å². The number of aromatic nitrogens is 2. The monoisotopic (exact) mass is 541 g/mol. The molecule has 1 saturated carbocycles. The molecule has 1 aromatic rings. The predicted molar refractivity (Wildman–Crippen MR) is 124 cm³/mol. The summed E-state index contributed by atoms with van der Waals surface area (Å²) in [4.78, 5) is 50.7. The van der Waals surface area contributed by atoms with E-state index in [1.165, 1.54) is 7.11 Å². The molecule has 15 nitrogen and oxygen atoms in total. The summed E-state index contributed by atoms with van der Waals surface area (Å²) in [6, 6.07) is 1.03. The third-order valence-corrected chi connectivity index (χ3v) is 6.73. The molecule has 15 heteroatoms. The van der Waals surface area contributed by atoms with Crippen molar-refractivity contribution in [3.05, 3.63) is 44.9 Å². The van der Waals surface area contributed by atoms with Gasteiger partial charge in [0.2, 0.25) is 18.0 Å². The molecule has 1 aromatic heterocycles. The van der Waals surface area contributed by atoms with E-state index in [4.69, 9.17) is 29.4 Å². The van der Waals surface area contributed by atoms with Crippen LogP contribution in [0.2, 0.25) is 0 Å². The maximum Gasteiger partial charge on any atom is 0.373 e. The molecule has 8 atom stereocenters. The van der Waals surface area contributed by atoms with Crippen molar-refractivity contribution in [2.24, 2.45) is 5.73 Å². The van der Waals surface area contributed by atoms with Crippen molar-refractivity contribution in [1.82, 2.24) is 9.55 Å². The molecule has 0 bridgehead atoms. The number of nitrogens with zero attached hydrogens (tertiary/aromatic N) is 1. The second-order valence-corrected chi connectivity index (χ2v) is 9.32. The van der Waals surface area contributed by atoms with Crippen molar-refractivity contribution in [2.45, 2.75) is 87.3 Å². The molecule has 2 fully saturated rings. The van der Waals surface area contributed by atoms with Crippen molar-refractivity contribution < 1.29 is 48.6 Å². The van der Waals surface area contributed by atoms with Crippen molar-refractivity contribution in [3.63, 3.8) is 0 Å². The first-order chi connectivity index (χ1) is 18.1. The lowest BCUT2D eigenvalue weighted by atomic mass is 9.98. The third-order valence-electron chi connectivity index (χ3n) is 6.73. The van der Waals surface area contributed by atoms with Crippen LogP contribution in [-0.2, 0) is 33.3 Å². The Bertz CT molecular complexity index is 1160. The number of nitrogens with two attached hydrogens (primary N) is 1. The van der Waals surface area contributed by atoms with E-state index in [-0.39, 0.29) is 6.10 Å². The van der Waals surface area contributed by atoms with Gasteiger partial charge in [-0.05, 0) is 31.8 Å². The number of esters is 1. The number of carbonyl (C=O) groups excluding carboxylic acids is 2. The van der Waals surface area contributed by atoms with E-state index in [1.807, 2.05) is 4.98 Å². The number of hydrogen-bond acceptors (Lipinski definition) is 12. The fraction of sp³-hybridized carbons (Fsp3) is 0.652. The van der Waals surface area contributed by atoms with E-state index < -0.39 is 78.0 Å². The number of aliphatic hydroxyl groups excluding tert-OH is 3. The van der Waals surface area contributed by atoms with Crippen molar-refractivity contribution in [1.29, 1.82) is 0 Å². The second-order valence-electron chi connectivity index (χ2n) is 9.32. The van der Waals surface area contributed by atoms with Crippen LogP contribution in [0.4, 0.5) is 0 Å². The van der Waals surface area contributed by atoms with Crippen LogP contribution >= 0.6 is 0 Å². The highest BCUT2D eigenvalue weighted by atomic mass is 16.7. The number of amides is 1. The Labute approximate surface area is 215 Å². The Morgan fingerprint density at radius 3 is 2.50 bits per heavy atom. The van der Waals surface area contributed by atoms with Gasteiger partial charge in [0.15, 0.2) is 12.3 Å². The Morgan fingerprint density at radius 2 is 1.87 bits per heavy atom. The molecule has 0 aromatic carbocycles. The average molecular weight is 542 g/mol. The van der Waals surface area contributed by atoms with Crippen LogP contribution in [0.3, 0.4) is 0 Å². The van der Waals surface area contributed by atoms with Gasteiger partial charge in [0, 0.05) is 19.4 Å². The zero-order valence-corrected chi connectivity index (χ0v) is 20.5. The normalized spacial score (nSPS) is 32.7. The number of carbonyl (C=O) groups is 2. The number of rotatable bonds is 8. The Balaban J connectivity index is 1.52. The molecule has 1 amide bonds. The summed E-state index contributed by atoms with van der Waals surface area (Å²) in [5.74, 6) is -2.41. The van der Waals surface area contributed by atoms with Crippen LogP contribution in [0.1, 0.15) is 38.3 Å². The molecule has 0 radical (unpaired) electrons. The first kappa shape index (κ1) is 27.9. The number of aromatic amines is 1. The quantitative estimate of drug-likeness (QED) is 0.216. The molecule has 0 spiro atoms. The molecule has 4 rings (SSSR count). The topological polar surface area (TPSA) is 222 Å². The predicted octanol–water partition coefficient (Wildman–Crippen LogP) is -2.48. The minimum absolute atomic E-state index is 0.313. The summed E-state index contributed by atoms with van der Waals surface area (Å²) in [6.45, 7) is 0. The van der Waals surface area contributed by atoms with Crippen LogP contribution in [0.25, 0.3) is 0 Å². The number of aliphatic hydroxyl groups is 3. The zero-order chi connectivity index (χ0) is 27.6. The van der Waals surface area contributed by atoms with Crippen LogP contribution < -0.4 is 17.0 Å². The third kappa shape index (κ3) is 5.82. The summed E-state index contributed by atoms with van der Waals surface area (Å²) in [5, 5.41) is 31.5. The molecule has 6 N–H and O–H groups in total. The van der Waals surface area contributed by atoms with Crippen LogP contribution in [0, 0.1) is 0 Å². The van der Waals surface area contributed by atoms with E-state index >= 15 is 0 Å². The molecule has 38 heavy (non-hydrogen) atoms. The lowest BCUT2D eigenvalue weighted by molar-refractivity contribution is -0.243. The summed E-state index contributed by atoms with van der Waals surface area (Å²) < 4.78 is 28.3. The number of H-pyrrole nitrogens is 1. The Hall–Kier alpha value is -3.08. The number of primary amides is 1. The number of hydrogen-bond donors (Lipinski definition) is 5. The molecule has 1 aliphatic carbocycles. The molecule has 2 aliphatic heterocycles. The van der Waals surface area contributed by atoms with Crippen LogP contribution in [0.15, 0.2) is 33.7 Å². The second kappa shape index (κ2) is 11.8. The van der Waals surface area contributed by atoms with E-state index in [0.717, 1.165) is 42.2 Å². The van der Waals surface area contributed by atoms with Gasteiger partial charge in [0.05, 0.1) is 0 Å². The maximum absolute atomic E-state index is 12.6. The van der Waals surface area contributed by atoms with Gasteiger partial charge in [0.1, 0.15) is 36.6 Å². The minimum atomic E-state index is -1.77. The molecular weight excluding hydrogens is 510 g/mol. The first-order valence-corrected chi connectivity index (χ1v) is 12.2. The summed E-state index contributed by atoms with van der Waals surface area (Å²) >= 11 is 0. The van der Waals surface area contributed by atoms with Crippen molar-refractivity contribution >= 4 is 11.9 Å². The maximum atomic E-state index is 12.6. The van der Waals surface area contributed by atoms with Gasteiger partial charge in [-0.15, -0.1) is 0 Å². The van der Waals surface area contributed by atoms with Crippen LogP contribution in [-0.4, -0.2) is 92.9 Å². The van der Waals surface area contributed by atoms with Crippen LogP contribution in [0.5, 0.6) is 0 Å². The zero-order valence-electron chi connectivity index (χ0n) is 20.5. The van der Waals surface area contributed by atoms with E-state index in [1.54, 1.807) is 0 Å². The van der Waals surface area contributed by atoms with E-state index in [0.29, 0.717) is 12.8 Å². The number of methoxy groups -OCH3 is 1. The average Bonchev–Trinajstić information content (AvgIpc) is 3.20. The molecule has 3 heterocycles. The molecule has 210 valence electrons. The van der Waals surface area contributed by atoms with Gasteiger partial charge in [-0.25, -0.2) is 9.59 Å². The molecule has 2 unspecified atom stereocenters. The first-order valence-electron chi connectivity index (χ1n) is 12.2. The summed E-state index contributed by atoms with van der Waals surface area (Å²) in [6.07, 6.45) is -6.54. The summed E-state index contributed by atoms with van der Waals surface area (Å²) in [7, 11) is 1.21. The highest BCUT2D eigenvalue weighted by Gasteiger charge is 2.52. The Kier molecular flexibility index (Phi) is 8.64. The van der Waals surface area contributed by atoms with Gasteiger partial charge in [-0.2, -0.15) is 0 Å². The minimum Gasteiger partial charge on any atom is -0.457 e. The standard InChI is InChI=1S/C23H31N3O12/c1-34-16-15(30)20(26-8-7-13(28)25-23(26)33)37-17(16)18(19(24)31)38-22-14(29)11(27)9-12(36-22)21(32)35-10-5-3-2-4-6-10/h7-11,14-18,20,22,27,29-30H,2-6H2,1H3,(H2,24,31)(H,25,28,33)/t11-,14-,15+,16-,17?,18?,20+,22+/m0/s1. The van der Waals surface area contributed by atoms with Gasteiger partial charge >= 0.3 is 11.7 Å².